The number of methoxy groups -OCH3 is 1. The van der Waals surface area contributed by atoms with E-state index < -0.39 is 5.56 Å². The monoisotopic (exact) mass is 357 g/mol. The van der Waals surface area contributed by atoms with E-state index in [1.54, 1.807) is 25.3 Å². The molecule has 6 nitrogen and oxygen atoms in total. The first-order valence-corrected chi connectivity index (χ1v) is 9.32. The van der Waals surface area contributed by atoms with E-state index in [9.17, 15) is 10.1 Å². The number of hydrogen-bond donors (Lipinski definition) is 1. The van der Waals surface area contributed by atoms with Crippen LogP contribution in [-0.4, -0.2) is 29.4 Å². The number of rotatable bonds is 5. The highest BCUT2D eigenvalue weighted by atomic mass is 32.2. The van der Waals surface area contributed by atoms with Gasteiger partial charge in [0.2, 0.25) is 0 Å². The molecule has 0 spiro atoms. The van der Waals surface area contributed by atoms with Crippen molar-refractivity contribution in [3.8, 4) is 28.8 Å². The summed E-state index contributed by atoms with van der Waals surface area (Å²) >= 11 is 1.32. The lowest BCUT2D eigenvalue weighted by Gasteiger charge is -2.17. The van der Waals surface area contributed by atoms with Gasteiger partial charge in [-0.25, -0.2) is 4.98 Å². The highest BCUT2D eigenvalue weighted by Crippen LogP contribution is 2.35. The molecular weight excluding hydrogens is 338 g/mol. The van der Waals surface area contributed by atoms with Crippen LogP contribution in [0.4, 0.5) is 0 Å². The summed E-state index contributed by atoms with van der Waals surface area (Å²) in [6, 6.07) is 7.31. The van der Waals surface area contributed by atoms with Gasteiger partial charge in [0, 0.05) is 5.56 Å². The number of aromatic nitrogens is 2. The molecule has 0 bridgehead atoms. The molecule has 0 radical (unpaired) electrons. The summed E-state index contributed by atoms with van der Waals surface area (Å²) in [6.45, 7) is 0. The average Bonchev–Trinajstić information content (AvgIpc) is 3.14. The summed E-state index contributed by atoms with van der Waals surface area (Å²) in [5.41, 5.74) is 0.571. The molecule has 1 heterocycles. The van der Waals surface area contributed by atoms with E-state index in [2.05, 4.69) is 9.97 Å². The number of benzene rings is 1. The lowest BCUT2D eigenvalue weighted by Crippen LogP contribution is -2.15. The third kappa shape index (κ3) is 3.64. The molecule has 7 heteroatoms. The number of nitrogens with zero attached hydrogens (tertiary/aromatic N) is 2. The van der Waals surface area contributed by atoms with Crippen LogP contribution in [0.2, 0.25) is 0 Å². The minimum Gasteiger partial charge on any atom is -0.493 e. The Hall–Kier alpha value is -2.46. The van der Waals surface area contributed by atoms with Crippen molar-refractivity contribution in [2.45, 2.75) is 36.9 Å². The van der Waals surface area contributed by atoms with Gasteiger partial charge in [-0.2, -0.15) is 5.26 Å². The van der Waals surface area contributed by atoms with E-state index in [1.807, 2.05) is 12.3 Å². The SMILES string of the molecule is COc1ccc(-c2nc(SC)[nH]c(=O)c2C#N)cc1OC1CCCC1. The van der Waals surface area contributed by atoms with Crippen LogP contribution in [-0.2, 0) is 0 Å². The largest absolute Gasteiger partial charge is 0.493 e. The Morgan fingerprint density at radius 1 is 1.32 bits per heavy atom. The molecule has 1 fully saturated rings. The third-order valence-electron chi connectivity index (χ3n) is 4.24. The van der Waals surface area contributed by atoms with Crippen molar-refractivity contribution >= 4 is 11.8 Å². The van der Waals surface area contributed by atoms with Gasteiger partial charge < -0.3 is 14.5 Å². The van der Waals surface area contributed by atoms with Crippen LogP contribution in [0.3, 0.4) is 0 Å². The number of nitrogens with one attached hydrogen (secondary N) is 1. The van der Waals surface area contributed by atoms with Crippen molar-refractivity contribution in [3.05, 3.63) is 34.1 Å². The summed E-state index contributed by atoms with van der Waals surface area (Å²) in [6.07, 6.45) is 6.37. The minimum atomic E-state index is -0.439. The van der Waals surface area contributed by atoms with Gasteiger partial charge in [0.15, 0.2) is 16.7 Å². The number of nitriles is 1. The van der Waals surface area contributed by atoms with Crippen LogP contribution >= 0.6 is 11.8 Å². The number of thioether (sulfide) groups is 1. The molecule has 3 rings (SSSR count). The summed E-state index contributed by atoms with van der Waals surface area (Å²) in [7, 11) is 1.59. The third-order valence-corrected chi connectivity index (χ3v) is 4.82. The maximum absolute atomic E-state index is 12.1. The fraction of sp³-hybridized carbons (Fsp3) is 0.389. The van der Waals surface area contributed by atoms with Crippen LogP contribution in [0.5, 0.6) is 11.5 Å². The second-order valence-electron chi connectivity index (χ2n) is 5.80. The molecule has 2 aromatic rings. The Balaban J connectivity index is 2.07. The number of aromatic amines is 1. The molecule has 1 saturated carbocycles. The number of hydrogen-bond acceptors (Lipinski definition) is 6. The topological polar surface area (TPSA) is 88.0 Å². The zero-order chi connectivity index (χ0) is 17.8. The van der Waals surface area contributed by atoms with Crippen molar-refractivity contribution in [2.24, 2.45) is 0 Å². The molecule has 1 aliphatic rings. The lowest BCUT2D eigenvalue weighted by atomic mass is 10.1. The molecule has 0 saturated heterocycles. The second kappa shape index (κ2) is 7.62. The molecular formula is C18H19N3O3S. The predicted molar refractivity (Wildman–Crippen MR) is 96.2 cm³/mol. The van der Waals surface area contributed by atoms with Crippen LogP contribution < -0.4 is 15.0 Å². The number of H-pyrrole nitrogens is 1. The molecule has 1 aliphatic carbocycles. The van der Waals surface area contributed by atoms with E-state index in [0.717, 1.165) is 25.7 Å². The van der Waals surface area contributed by atoms with Gasteiger partial charge in [-0.3, -0.25) is 4.79 Å². The molecule has 0 unspecified atom stereocenters. The summed E-state index contributed by atoms with van der Waals surface area (Å²) in [5, 5.41) is 9.82. The van der Waals surface area contributed by atoms with Crippen molar-refractivity contribution in [1.82, 2.24) is 9.97 Å². The average molecular weight is 357 g/mol. The van der Waals surface area contributed by atoms with E-state index in [1.165, 1.54) is 11.8 Å². The Kier molecular flexibility index (Phi) is 5.29. The molecule has 0 aliphatic heterocycles. The van der Waals surface area contributed by atoms with Crippen LogP contribution in [0.1, 0.15) is 31.2 Å². The van der Waals surface area contributed by atoms with Crippen molar-refractivity contribution in [1.29, 1.82) is 5.26 Å². The minimum absolute atomic E-state index is 0.00483. The molecule has 0 amide bonds. The second-order valence-corrected chi connectivity index (χ2v) is 6.60. The fourth-order valence-electron chi connectivity index (χ4n) is 2.96. The Morgan fingerprint density at radius 2 is 2.08 bits per heavy atom. The first kappa shape index (κ1) is 17.4. The summed E-state index contributed by atoms with van der Waals surface area (Å²) < 4.78 is 11.5. The van der Waals surface area contributed by atoms with Gasteiger partial charge in [0.05, 0.1) is 18.9 Å². The zero-order valence-electron chi connectivity index (χ0n) is 14.2. The maximum atomic E-state index is 12.1. The standard InChI is InChI=1S/C18H19N3O3S/c1-23-14-8-7-11(9-15(14)24-12-5-3-4-6-12)16-13(10-19)17(22)21-18(20-16)25-2/h7-9,12H,3-6H2,1-2H3,(H,20,21,22). The Labute approximate surface area is 150 Å². The molecule has 1 aromatic carbocycles. The van der Waals surface area contributed by atoms with Gasteiger partial charge >= 0.3 is 0 Å². The van der Waals surface area contributed by atoms with Crippen molar-refractivity contribution < 1.29 is 9.47 Å². The predicted octanol–water partition coefficient (Wildman–Crippen LogP) is 3.36. The Morgan fingerprint density at radius 3 is 2.72 bits per heavy atom. The highest BCUT2D eigenvalue weighted by molar-refractivity contribution is 7.98. The summed E-state index contributed by atoms with van der Waals surface area (Å²) in [4.78, 5) is 19.1. The normalized spacial score (nSPS) is 14.3. The van der Waals surface area contributed by atoms with Gasteiger partial charge in [-0.15, -0.1) is 0 Å². The molecule has 1 N–H and O–H groups in total. The smallest absolute Gasteiger partial charge is 0.270 e. The molecule has 1 aromatic heterocycles. The van der Waals surface area contributed by atoms with Crippen molar-refractivity contribution in [3.63, 3.8) is 0 Å². The van der Waals surface area contributed by atoms with Crippen LogP contribution in [0, 0.1) is 11.3 Å². The van der Waals surface area contributed by atoms with E-state index in [4.69, 9.17) is 9.47 Å². The maximum Gasteiger partial charge on any atom is 0.270 e. The van der Waals surface area contributed by atoms with Crippen LogP contribution in [0.15, 0.2) is 28.2 Å². The molecule has 0 atom stereocenters. The van der Waals surface area contributed by atoms with Crippen molar-refractivity contribution in [2.75, 3.05) is 13.4 Å². The van der Waals surface area contributed by atoms with Gasteiger partial charge in [-0.1, -0.05) is 11.8 Å². The lowest BCUT2D eigenvalue weighted by molar-refractivity contribution is 0.201. The van der Waals surface area contributed by atoms with E-state index in [-0.39, 0.29) is 11.7 Å². The zero-order valence-corrected chi connectivity index (χ0v) is 15.0. The van der Waals surface area contributed by atoms with Crippen LogP contribution in [0.25, 0.3) is 11.3 Å². The Bertz CT molecular complexity index is 867. The summed E-state index contributed by atoms with van der Waals surface area (Å²) in [5.74, 6) is 1.24. The first-order chi connectivity index (χ1) is 12.2. The quantitative estimate of drug-likeness (QED) is 0.652. The van der Waals surface area contributed by atoms with E-state index >= 15 is 0 Å². The van der Waals surface area contributed by atoms with E-state index in [0.29, 0.717) is 27.9 Å². The van der Waals surface area contributed by atoms with Gasteiger partial charge in [0.1, 0.15) is 11.6 Å². The van der Waals surface area contributed by atoms with Gasteiger partial charge in [-0.05, 0) is 50.1 Å². The number of ether oxygens (including phenoxy) is 2. The van der Waals surface area contributed by atoms with Gasteiger partial charge in [0.25, 0.3) is 5.56 Å². The molecule has 25 heavy (non-hydrogen) atoms. The molecule has 130 valence electrons. The first-order valence-electron chi connectivity index (χ1n) is 8.09. The highest BCUT2D eigenvalue weighted by Gasteiger charge is 2.20. The fourth-order valence-corrected chi connectivity index (χ4v) is 3.34.